The highest BCUT2D eigenvalue weighted by Crippen LogP contribution is 2.25. The monoisotopic (exact) mass is 342 g/mol. The molecule has 1 fully saturated rings. The summed E-state index contributed by atoms with van der Waals surface area (Å²) in [5.41, 5.74) is 0.986. The number of carbonyl (C=O) groups excluding carboxylic acids is 1. The molecule has 9 heteroatoms. The van der Waals surface area contributed by atoms with Crippen molar-refractivity contribution >= 4 is 11.7 Å². The molecule has 0 spiro atoms. The minimum Gasteiger partial charge on any atom is -0.495 e. The number of hydrogen-bond donors (Lipinski definition) is 1. The van der Waals surface area contributed by atoms with Gasteiger partial charge in [0.2, 0.25) is 0 Å². The Morgan fingerprint density at radius 2 is 2.44 bits per heavy atom. The number of amides is 2. The van der Waals surface area contributed by atoms with Crippen LogP contribution < -0.4 is 10.1 Å². The summed E-state index contributed by atoms with van der Waals surface area (Å²) in [5.74, 6) is 0.444. The second-order valence-corrected chi connectivity index (χ2v) is 5.51. The van der Waals surface area contributed by atoms with Gasteiger partial charge in [-0.3, -0.25) is 4.68 Å². The summed E-state index contributed by atoms with van der Waals surface area (Å²) in [5, 5.41) is 15.8. The first-order valence-corrected chi connectivity index (χ1v) is 7.77. The number of anilines is 1. The van der Waals surface area contributed by atoms with Crippen molar-refractivity contribution in [3.05, 3.63) is 36.4 Å². The highest BCUT2D eigenvalue weighted by Gasteiger charge is 2.25. The van der Waals surface area contributed by atoms with Crippen LogP contribution in [0.1, 0.15) is 5.56 Å². The van der Waals surface area contributed by atoms with E-state index in [0.29, 0.717) is 43.2 Å². The van der Waals surface area contributed by atoms with E-state index in [0.717, 1.165) is 0 Å². The third kappa shape index (κ3) is 4.05. The van der Waals surface area contributed by atoms with Crippen molar-refractivity contribution in [1.29, 1.82) is 5.26 Å². The molecule has 0 bridgehead atoms. The van der Waals surface area contributed by atoms with Crippen molar-refractivity contribution in [3.63, 3.8) is 0 Å². The van der Waals surface area contributed by atoms with Crippen molar-refractivity contribution in [1.82, 2.24) is 19.7 Å². The number of ether oxygens (including phenoxy) is 2. The van der Waals surface area contributed by atoms with Crippen molar-refractivity contribution in [2.45, 2.75) is 12.6 Å². The second-order valence-electron chi connectivity index (χ2n) is 5.51. The highest BCUT2D eigenvalue weighted by atomic mass is 16.5. The van der Waals surface area contributed by atoms with Crippen LogP contribution in [0.15, 0.2) is 30.9 Å². The topological polar surface area (TPSA) is 105 Å². The van der Waals surface area contributed by atoms with E-state index in [1.54, 1.807) is 34.1 Å². The van der Waals surface area contributed by atoms with Gasteiger partial charge in [-0.2, -0.15) is 10.4 Å². The van der Waals surface area contributed by atoms with Crippen molar-refractivity contribution < 1.29 is 14.3 Å². The molecule has 1 aliphatic heterocycles. The molecule has 1 N–H and O–H groups in total. The van der Waals surface area contributed by atoms with Crippen molar-refractivity contribution in [2.24, 2.45) is 0 Å². The fourth-order valence-electron chi connectivity index (χ4n) is 2.61. The molecule has 2 heterocycles. The van der Waals surface area contributed by atoms with Crippen molar-refractivity contribution in [3.8, 4) is 11.8 Å². The van der Waals surface area contributed by atoms with Crippen molar-refractivity contribution in [2.75, 3.05) is 32.1 Å². The maximum atomic E-state index is 12.5. The Labute approximate surface area is 144 Å². The molecule has 3 rings (SSSR count). The van der Waals surface area contributed by atoms with E-state index >= 15 is 0 Å². The quantitative estimate of drug-likeness (QED) is 0.892. The first-order chi connectivity index (χ1) is 12.2. The van der Waals surface area contributed by atoms with Crippen LogP contribution >= 0.6 is 0 Å². The van der Waals surface area contributed by atoms with E-state index in [9.17, 15) is 4.79 Å². The number of rotatable bonds is 4. The molecule has 0 aliphatic carbocycles. The lowest BCUT2D eigenvalue weighted by Gasteiger charge is -2.33. The van der Waals surface area contributed by atoms with Gasteiger partial charge in [0.1, 0.15) is 18.4 Å². The van der Waals surface area contributed by atoms with E-state index in [1.165, 1.54) is 13.4 Å². The zero-order chi connectivity index (χ0) is 17.6. The molecular formula is C16H18N6O3. The van der Waals surface area contributed by atoms with Gasteiger partial charge in [-0.25, -0.2) is 9.78 Å². The molecule has 1 atom stereocenters. The normalized spacial score (nSPS) is 17.0. The maximum Gasteiger partial charge on any atom is 0.322 e. The fraction of sp³-hybridized carbons (Fsp3) is 0.375. The predicted molar refractivity (Wildman–Crippen MR) is 88.1 cm³/mol. The number of aromatic nitrogens is 3. The molecule has 25 heavy (non-hydrogen) atoms. The van der Waals surface area contributed by atoms with E-state index in [4.69, 9.17) is 14.7 Å². The average molecular weight is 342 g/mol. The lowest BCUT2D eigenvalue weighted by Crippen LogP contribution is -2.48. The zero-order valence-electron chi connectivity index (χ0n) is 13.8. The van der Waals surface area contributed by atoms with E-state index in [-0.39, 0.29) is 12.1 Å². The maximum absolute atomic E-state index is 12.5. The Morgan fingerprint density at radius 3 is 3.16 bits per heavy atom. The molecule has 1 unspecified atom stereocenters. The van der Waals surface area contributed by atoms with Gasteiger partial charge in [-0.15, -0.1) is 0 Å². The molecule has 1 aliphatic rings. The Morgan fingerprint density at radius 1 is 1.56 bits per heavy atom. The smallest absolute Gasteiger partial charge is 0.322 e. The summed E-state index contributed by atoms with van der Waals surface area (Å²) in [6.07, 6.45) is 2.93. The van der Waals surface area contributed by atoms with Crippen LogP contribution in [0.5, 0.6) is 5.75 Å². The molecule has 0 radical (unpaired) electrons. The lowest BCUT2D eigenvalue weighted by atomic mass is 10.2. The Hall–Kier alpha value is -3.12. The highest BCUT2D eigenvalue weighted by molar-refractivity contribution is 5.91. The molecule has 1 aromatic carbocycles. The van der Waals surface area contributed by atoms with Crippen LogP contribution in [0.4, 0.5) is 10.5 Å². The largest absolute Gasteiger partial charge is 0.495 e. The Kier molecular flexibility index (Phi) is 5.11. The summed E-state index contributed by atoms with van der Waals surface area (Å²) in [4.78, 5) is 18.1. The van der Waals surface area contributed by atoms with Gasteiger partial charge < -0.3 is 19.7 Å². The Bertz CT molecular complexity index is 771. The number of nitriles is 1. The van der Waals surface area contributed by atoms with E-state index in [1.807, 2.05) is 6.07 Å². The third-order valence-electron chi connectivity index (χ3n) is 3.86. The van der Waals surface area contributed by atoms with Crippen LogP contribution in [0.25, 0.3) is 0 Å². The summed E-state index contributed by atoms with van der Waals surface area (Å²) in [6, 6.07) is 6.67. The van der Waals surface area contributed by atoms with Gasteiger partial charge >= 0.3 is 6.03 Å². The first kappa shape index (κ1) is 16.7. The number of hydrogen-bond acceptors (Lipinski definition) is 6. The van der Waals surface area contributed by atoms with Crippen LogP contribution in [0, 0.1) is 11.3 Å². The Balaban J connectivity index is 1.63. The molecule has 130 valence electrons. The number of nitrogens with one attached hydrogen (secondary N) is 1. The van der Waals surface area contributed by atoms with Gasteiger partial charge in [0.15, 0.2) is 0 Å². The summed E-state index contributed by atoms with van der Waals surface area (Å²) < 4.78 is 12.6. The van der Waals surface area contributed by atoms with E-state index in [2.05, 4.69) is 15.4 Å². The third-order valence-corrected chi connectivity index (χ3v) is 3.86. The second kappa shape index (κ2) is 7.63. The van der Waals surface area contributed by atoms with Gasteiger partial charge in [0.25, 0.3) is 0 Å². The standard InChI is InChI=1S/C16H18N6O3/c1-24-15-6-12(7-17)2-3-14(15)20-16(23)21-4-5-25-13(8-21)9-22-11-18-10-19-22/h2-3,6,10-11,13H,4-5,8-9H2,1H3,(H,20,23). The van der Waals surface area contributed by atoms with Crippen LogP contribution in [-0.4, -0.2) is 58.6 Å². The molecule has 2 amide bonds. The molecule has 0 saturated carbocycles. The van der Waals surface area contributed by atoms with Crippen LogP contribution in [0.3, 0.4) is 0 Å². The van der Waals surface area contributed by atoms with E-state index < -0.39 is 0 Å². The van der Waals surface area contributed by atoms with Gasteiger partial charge in [-0.05, 0) is 12.1 Å². The molecule has 9 nitrogen and oxygen atoms in total. The summed E-state index contributed by atoms with van der Waals surface area (Å²) in [7, 11) is 1.50. The number of methoxy groups -OCH3 is 1. The number of morpholine rings is 1. The average Bonchev–Trinajstić information content (AvgIpc) is 3.15. The fourth-order valence-corrected chi connectivity index (χ4v) is 2.61. The van der Waals surface area contributed by atoms with Crippen LogP contribution in [-0.2, 0) is 11.3 Å². The summed E-state index contributed by atoms with van der Waals surface area (Å²) in [6.45, 7) is 1.93. The zero-order valence-corrected chi connectivity index (χ0v) is 13.8. The predicted octanol–water partition coefficient (Wildman–Crippen LogP) is 1.09. The first-order valence-electron chi connectivity index (χ1n) is 7.77. The van der Waals surface area contributed by atoms with Gasteiger partial charge in [0, 0.05) is 12.6 Å². The SMILES string of the molecule is COc1cc(C#N)ccc1NC(=O)N1CCOC(Cn2cncn2)C1. The molecule has 1 saturated heterocycles. The minimum absolute atomic E-state index is 0.149. The van der Waals surface area contributed by atoms with Crippen LogP contribution in [0.2, 0.25) is 0 Å². The van der Waals surface area contributed by atoms with Gasteiger partial charge in [0.05, 0.1) is 50.2 Å². The number of benzene rings is 1. The van der Waals surface area contributed by atoms with Gasteiger partial charge in [-0.1, -0.05) is 0 Å². The summed E-state index contributed by atoms with van der Waals surface area (Å²) >= 11 is 0. The minimum atomic E-state index is -0.241. The number of nitrogens with zero attached hydrogens (tertiary/aromatic N) is 5. The number of urea groups is 1. The lowest BCUT2D eigenvalue weighted by molar-refractivity contribution is -0.0220. The molecule has 2 aromatic rings. The molecule has 1 aromatic heterocycles. The number of carbonyl (C=O) groups is 1. The molecular weight excluding hydrogens is 324 g/mol.